The maximum atomic E-state index is 12.3. The second-order valence-corrected chi connectivity index (χ2v) is 15.9. The standard InChI is InChI=1S/C37H36N2O9S3/c1-3-39(26-29-8-6-9-35(23-29)50(43,44)45)33-18-13-31(37(24-33)30-14-19-34(20-15-30)49(40,41)42)21-27-11-16-32(17-12-27)38-25-28-7-5-10-36(22-28)51(46,47)48-4-2/h5-24H,3-4,25-26H2,1-2H3,(H,40,41,42)(H,43,44,45). The fourth-order valence-electron chi connectivity index (χ4n) is 5.39. The fourth-order valence-corrected chi connectivity index (χ4v) is 7.41. The van der Waals surface area contributed by atoms with Gasteiger partial charge in [-0.3, -0.25) is 18.3 Å². The highest BCUT2D eigenvalue weighted by Crippen LogP contribution is 2.32. The van der Waals surface area contributed by atoms with Crippen molar-refractivity contribution >= 4 is 47.8 Å². The number of rotatable bonds is 13. The van der Waals surface area contributed by atoms with Gasteiger partial charge in [-0.1, -0.05) is 54.6 Å². The smallest absolute Gasteiger partial charge is 0.296 e. The first-order valence-electron chi connectivity index (χ1n) is 15.8. The molecule has 266 valence electrons. The summed E-state index contributed by atoms with van der Waals surface area (Å²) in [5.41, 5.74) is 6.04. The summed E-state index contributed by atoms with van der Waals surface area (Å²) in [6, 6.07) is 24.3. The summed E-state index contributed by atoms with van der Waals surface area (Å²) in [6.07, 6.45) is 9.46. The van der Waals surface area contributed by atoms with E-state index in [0.717, 1.165) is 22.4 Å². The second-order valence-electron chi connectivity index (χ2n) is 11.5. The summed E-state index contributed by atoms with van der Waals surface area (Å²) in [7, 11) is -12.6. The summed E-state index contributed by atoms with van der Waals surface area (Å²) in [4.78, 5) is 6.29. The van der Waals surface area contributed by atoms with Crippen molar-refractivity contribution in [3.63, 3.8) is 0 Å². The molecule has 0 amide bonds. The molecule has 4 aromatic carbocycles. The summed E-state index contributed by atoms with van der Waals surface area (Å²) in [5, 5.41) is 0. The van der Waals surface area contributed by atoms with Gasteiger partial charge in [-0.25, -0.2) is 0 Å². The van der Waals surface area contributed by atoms with Crippen molar-refractivity contribution in [3.05, 3.63) is 138 Å². The first-order chi connectivity index (χ1) is 24.2. The Balaban J connectivity index is 1.44. The summed E-state index contributed by atoms with van der Waals surface area (Å²) < 4.78 is 95.3. The molecule has 0 saturated heterocycles. The molecule has 0 atom stereocenters. The maximum Gasteiger partial charge on any atom is 0.296 e. The van der Waals surface area contributed by atoms with E-state index in [9.17, 15) is 34.4 Å². The Morgan fingerprint density at radius 3 is 1.96 bits per heavy atom. The highest BCUT2D eigenvalue weighted by atomic mass is 32.2. The van der Waals surface area contributed by atoms with Crippen LogP contribution in [0.2, 0.25) is 0 Å². The molecule has 2 N–H and O–H groups in total. The molecule has 0 heterocycles. The molecule has 14 heteroatoms. The third kappa shape index (κ3) is 9.76. The van der Waals surface area contributed by atoms with Crippen LogP contribution < -0.4 is 4.90 Å². The van der Waals surface area contributed by atoms with E-state index in [4.69, 9.17) is 4.18 Å². The predicted octanol–water partition coefficient (Wildman–Crippen LogP) is 6.75. The van der Waals surface area contributed by atoms with Crippen LogP contribution in [-0.2, 0) is 47.6 Å². The topological polar surface area (TPSA) is 168 Å². The lowest BCUT2D eigenvalue weighted by Gasteiger charge is -2.25. The van der Waals surface area contributed by atoms with Gasteiger partial charge >= 0.3 is 0 Å². The Bertz CT molecular complexity index is 2360. The van der Waals surface area contributed by atoms with Crippen molar-refractivity contribution in [2.75, 3.05) is 18.1 Å². The number of nitrogens with zero attached hydrogens (tertiary/aromatic N) is 2. The molecule has 0 spiro atoms. The third-order valence-electron chi connectivity index (χ3n) is 7.94. The molecule has 11 nitrogen and oxygen atoms in total. The van der Waals surface area contributed by atoms with Crippen LogP contribution >= 0.6 is 0 Å². The van der Waals surface area contributed by atoms with E-state index < -0.39 is 30.4 Å². The lowest BCUT2D eigenvalue weighted by molar-refractivity contribution is 0.338. The van der Waals surface area contributed by atoms with Crippen LogP contribution in [0.4, 0.5) is 5.69 Å². The Morgan fingerprint density at radius 1 is 0.706 bits per heavy atom. The largest absolute Gasteiger partial charge is 0.367 e. The van der Waals surface area contributed by atoms with Gasteiger partial charge in [-0.2, -0.15) is 25.3 Å². The number of aliphatic imine (C=N–C) groups is 1. The van der Waals surface area contributed by atoms with Gasteiger partial charge in [0.2, 0.25) is 0 Å². The monoisotopic (exact) mass is 748 g/mol. The van der Waals surface area contributed by atoms with E-state index in [0.29, 0.717) is 35.5 Å². The number of anilines is 1. The van der Waals surface area contributed by atoms with Crippen molar-refractivity contribution in [3.8, 4) is 11.1 Å². The zero-order valence-corrected chi connectivity index (χ0v) is 30.2. The van der Waals surface area contributed by atoms with Crippen molar-refractivity contribution in [2.45, 2.75) is 41.6 Å². The van der Waals surface area contributed by atoms with Crippen molar-refractivity contribution in [1.82, 2.24) is 0 Å². The molecular formula is C37H36N2O9S3. The average molecular weight is 749 g/mol. The Kier molecular flexibility index (Phi) is 11.5. The van der Waals surface area contributed by atoms with Crippen LogP contribution in [0.3, 0.4) is 0 Å². The van der Waals surface area contributed by atoms with Gasteiger partial charge in [0.05, 0.1) is 33.5 Å². The molecule has 0 aliphatic heterocycles. The zero-order chi connectivity index (χ0) is 36.8. The lowest BCUT2D eigenvalue weighted by Crippen LogP contribution is -2.22. The van der Waals surface area contributed by atoms with Crippen molar-refractivity contribution in [1.29, 1.82) is 0 Å². The van der Waals surface area contributed by atoms with Crippen LogP contribution in [0, 0.1) is 0 Å². The number of hydrogen-bond acceptors (Lipinski definition) is 9. The van der Waals surface area contributed by atoms with Crippen LogP contribution in [-0.4, -0.2) is 53.2 Å². The van der Waals surface area contributed by atoms with E-state index in [1.54, 1.807) is 49.4 Å². The molecule has 1 aliphatic rings. The van der Waals surface area contributed by atoms with E-state index in [-0.39, 0.29) is 27.8 Å². The van der Waals surface area contributed by atoms with E-state index in [2.05, 4.69) is 4.99 Å². The predicted molar refractivity (Wildman–Crippen MR) is 197 cm³/mol. The summed E-state index contributed by atoms with van der Waals surface area (Å²) in [6.45, 7) is 4.79. The minimum absolute atomic E-state index is 0.0420. The Morgan fingerprint density at radius 2 is 1.33 bits per heavy atom. The fraction of sp³-hybridized carbons (Fsp3) is 0.162. The SMILES string of the molecule is CCOS(=O)(=O)c1cccc(CN=C2C=CC(=Cc3ccc(N(CC)Cc4cccc(S(=O)(=O)O)c4)cc3-c3ccc(S(=O)(=O)O)cc3)C=C2)c1. The number of allylic oxidation sites excluding steroid dienone is 5. The van der Waals surface area contributed by atoms with E-state index >= 15 is 0 Å². The maximum absolute atomic E-state index is 12.3. The molecule has 0 bridgehead atoms. The highest BCUT2D eigenvalue weighted by molar-refractivity contribution is 7.87. The Hall–Kier alpha value is -4.70. The second kappa shape index (κ2) is 15.7. The molecule has 0 radical (unpaired) electrons. The zero-order valence-electron chi connectivity index (χ0n) is 27.7. The average Bonchev–Trinajstić information content (AvgIpc) is 3.10. The summed E-state index contributed by atoms with van der Waals surface area (Å²) in [5.74, 6) is 0. The van der Waals surface area contributed by atoms with Crippen LogP contribution in [0.15, 0.2) is 141 Å². The summed E-state index contributed by atoms with van der Waals surface area (Å²) >= 11 is 0. The van der Waals surface area contributed by atoms with Gasteiger partial charge in [0, 0.05) is 18.8 Å². The molecular weight excluding hydrogens is 713 g/mol. The minimum atomic E-state index is -4.39. The van der Waals surface area contributed by atoms with Crippen molar-refractivity contribution < 1.29 is 38.5 Å². The number of hydrogen-bond donors (Lipinski definition) is 2. The molecule has 4 aromatic rings. The lowest BCUT2D eigenvalue weighted by atomic mass is 9.96. The van der Waals surface area contributed by atoms with E-state index in [1.165, 1.54) is 30.3 Å². The highest BCUT2D eigenvalue weighted by Gasteiger charge is 2.16. The van der Waals surface area contributed by atoms with Gasteiger partial charge in [-0.05, 0) is 114 Å². The van der Waals surface area contributed by atoms with Crippen LogP contribution in [0.25, 0.3) is 17.2 Å². The first kappa shape index (κ1) is 37.6. The van der Waals surface area contributed by atoms with Gasteiger partial charge in [0.1, 0.15) is 0 Å². The Labute approximate surface area is 298 Å². The van der Waals surface area contributed by atoms with Gasteiger partial charge in [-0.15, -0.1) is 0 Å². The molecule has 51 heavy (non-hydrogen) atoms. The molecule has 0 unspecified atom stereocenters. The minimum Gasteiger partial charge on any atom is -0.367 e. The normalized spacial score (nSPS) is 13.3. The van der Waals surface area contributed by atoms with Gasteiger partial charge in [0.15, 0.2) is 0 Å². The van der Waals surface area contributed by atoms with Gasteiger partial charge < -0.3 is 4.90 Å². The van der Waals surface area contributed by atoms with Crippen LogP contribution in [0.5, 0.6) is 0 Å². The third-order valence-corrected chi connectivity index (χ3v) is 11.0. The first-order valence-corrected chi connectivity index (χ1v) is 20.1. The molecule has 1 aliphatic carbocycles. The molecule has 0 saturated carbocycles. The molecule has 0 aromatic heterocycles. The van der Waals surface area contributed by atoms with Crippen molar-refractivity contribution in [2.24, 2.45) is 4.99 Å². The molecule has 5 rings (SSSR count). The molecule has 0 fully saturated rings. The van der Waals surface area contributed by atoms with Crippen LogP contribution in [0.1, 0.15) is 30.5 Å². The van der Waals surface area contributed by atoms with E-state index in [1.807, 2.05) is 60.4 Å². The quantitative estimate of drug-likeness (QED) is 0.110. The van der Waals surface area contributed by atoms with Gasteiger partial charge in [0.25, 0.3) is 30.4 Å². The number of benzene rings is 4.